The van der Waals surface area contributed by atoms with Crippen LogP contribution in [0.25, 0.3) is 44.3 Å². The van der Waals surface area contributed by atoms with E-state index in [1.54, 1.807) is 109 Å². The summed E-state index contributed by atoms with van der Waals surface area (Å²) in [6, 6.07) is 15.6. The third kappa shape index (κ3) is 17.6. The van der Waals surface area contributed by atoms with Gasteiger partial charge in [-0.05, 0) is 139 Å². The Morgan fingerprint density at radius 3 is 1.17 bits per heavy atom. The lowest BCUT2D eigenvalue weighted by atomic mass is 10.1. The van der Waals surface area contributed by atoms with E-state index < -0.39 is 41.1 Å². The highest BCUT2D eigenvalue weighted by atomic mass is 79.9. The molecule has 3 fully saturated rings. The first-order chi connectivity index (χ1) is 41.6. The zero-order valence-electron chi connectivity index (χ0n) is 49.1. The number of anilines is 6. The van der Waals surface area contributed by atoms with Gasteiger partial charge < -0.3 is 16.0 Å². The van der Waals surface area contributed by atoms with Gasteiger partial charge in [0.15, 0.2) is 34.9 Å². The Morgan fingerprint density at radius 2 is 0.852 bits per heavy atom. The summed E-state index contributed by atoms with van der Waals surface area (Å²) >= 11 is 6.73. The van der Waals surface area contributed by atoms with E-state index in [0.717, 1.165) is 56.7 Å². The maximum Gasteiger partial charge on any atom is 0.250 e. The van der Waals surface area contributed by atoms with Crippen molar-refractivity contribution in [2.45, 2.75) is 128 Å². The lowest BCUT2D eigenvalue weighted by Crippen LogP contribution is -2.40. The van der Waals surface area contributed by atoms with Crippen LogP contribution in [0.15, 0.2) is 116 Å². The number of aromatic nitrogens is 12. The molecule has 12 rings (SSSR count). The molecule has 3 saturated carbocycles. The summed E-state index contributed by atoms with van der Waals surface area (Å²) in [6.07, 6.45) is 17.1. The molecule has 9 aromatic heterocycles. The maximum absolute atomic E-state index is 12.6. The van der Waals surface area contributed by atoms with Gasteiger partial charge in [-0.2, -0.15) is 15.3 Å². The third-order valence-corrected chi connectivity index (χ3v) is 22.3. The number of hydrogen-bond donors (Lipinski definition) is 9. The van der Waals surface area contributed by atoms with Crippen LogP contribution in [-0.4, -0.2) is 96.8 Å². The van der Waals surface area contributed by atoms with Crippen molar-refractivity contribution in [2.24, 2.45) is 5.14 Å². The number of nitrogens with two attached hydrogens (primary N) is 1. The van der Waals surface area contributed by atoms with Crippen molar-refractivity contribution in [3.05, 3.63) is 132 Å². The molecule has 10 N–H and O–H groups in total. The molecule has 464 valence electrons. The van der Waals surface area contributed by atoms with Crippen molar-refractivity contribution in [1.29, 1.82) is 0 Å². The fourth-order valence-corrected chi connectivity index (χ4v) is 15.4. The van der Waals surface area contributed by atoms with Gasteiger partial charge in [-0.3, -0.25) is 15.3 Å². The normalized spacial score (nSPS) is 14.3. The summed E-state index contributed by atoms with van der Waals surface area (Å²) in [5, 5.41) is 36.7. The molecule has 0 aromatic carbocycles. The highest BCUT2D eigenvalue weighted by Crippen LogP contribution is 2.42. The molecule has 88 heavy (non-hydrogen) atoms. The number of primary sulfonamides is 1. The fourth-order valence-electron chi connectivity index (χ4n) is 8.14. The Hall–Kier alpha value is -7.20. The van der Waals surface area contributed by atoms with Crippen LogP contribution in [0.1, 0.15) is 133 Å². The Balaban J connectivity index is 0.000000154. The molecule has 0 spiro atoms. The molecule has 31 heteroatoms. The quantitative estimate of drug-likeness (QED) is 0.0340. The van der Waals surface area contributed by atoms with E-state index in [1.165, 1.54) is 44.6 Å². The van der Waals surface area contributed by atoms with Gasteiger partial charge in [-0.15, -0.1) is 40.6 Å². The van der Waals surface area contributed by atoms with Crippen LogP contribution in [0.3, 0.4) is 0 Å². The topological polar surface area (TPSA) is 352 Å². The number of thiophene rings is 3. The van der Waals surface area contributed by atoms with E-state index in [-0.39, 0.29) is 12.6 Å². The Bertz CT molecular complexity index is 4330. The number of allylic oxidation sites excluding steroid dienone is 1. The van der Waals surface area contributed by atoms with Crippen molar-refractivity contribution < 1.29 is 25.3 Å². The first-order valence-electron chi connectivity index (χ1n) is 27.6. The van der Waals surface area contributed by atoms with Crippen LogP contribution < -0.4 is 30.5 Å². The first-order valence-corrected chi connectivity index (χ1v) is 35.3. The van der Waals surface area contributed by atoms with Gasteiger partial charge in [0, 0.05) is 93.8 Å². The zero-order valence-corrected chi connectivity index (χ0v) is 55.6. The maximum atomic E-state index is 12.6. The number of nitrogens with one attached hydrogen (secondary N) is 8. The van der Waals surface area contributed by atoms with Crippen LogP contribution in [0.4, 0.5) is 34.9 Å². The molecule has 9 heterocycles. The number of rotatable bonds is 19. The van der Waals surface area contributed by atoms with Gasteiger partial charge in [0.2, 0.25) is 10.0 Å². The number of H-pyrrole nitrogens is 3. The Morgan fingerprint density at radius 1 is 0.534 bits per heavy atom. The van der Waals surface area contributed by atoms with E-state index in [9.17, 15) is 25.3 Å². The molecule has 0 bridgehead atoms. The molecular weight excluding hydrogens is 1310 g/mol. The molecule has 0 unspecified atom stereocenters. The largest absolute Gasteiger partial charge is 0.323 e. The van der Waals surface area contributed by atoms with Crippen LogP contribution in [0, 0.1) is 0 Å². The van der Waals surface area contributed by atoms with Crippen molar-refractivity contribution in [2.75, 3.05) is 16.0 Å². The van der Waals surface area contributed by atoms with E-state index >= 15 is 0 Å². The number of aromatic amines is 3. The summed E-state index contributed by atoms with van der Waals surface area (Å²) in [7, 11) is -11.0. The van der Waals surface area contributed by atoms with Gasteiger partial charge in [-0.25, -0.2) is 69.7 Å². The van der Waals surface area contributed by atoms with E-state index in [0.29, 0.717) is 94.8 Å². The summed E-state index contributed by atoms with van der Waals surface area (Å²) in [4.78, 5) is 28.6. The molecule has 0 atom stereocenters. The fraction of sp³-hybridized carbons (Fsp3) is 0.316. The monoisotopic (exact) mass is 1370 g/mol. The molecule has 0 saturated heterocycles. The van der Waals surface area contributed by atoms with Crippen molar-refractivity contribution in [1.82, 2.24) is 69.9 Å². The Labute approximate surface area is 531 Å². The summed E-state index contributed by atoms with van der Waals surface area (Å²) in [5.74, 6) is 6.69. The zero-order chi connectivity index (χ0) is 63.3. The van der Waals surface area contributed by atoms with E-state index in [1.807, 2.05) is 25.1 Å². The molecule has 0 aliphatic heterocycles. The predicted octanol–water partition coefficient (Wildman–Crippen LogP) is 12.7. The highest BCUT2D eigenvalue weighted by Gasteiger charge is 2.30. The third-order valence-electron chi connectivity index (χ3n) is 12.5. The van der Waals surface area contributed by atoms with Gasteiger partial charge in [0.25, 0.3) is 20.0 Å². The van der Waals surface area contributed by atoms with Gasteiger partial charge >= 0.3 is 0 Å². The van der Waals surface area contributed by atoms with E-state index in [4.69, 9.17) is 5.14 Å². The predicted molar refractivity (Wildman–Crippen MR) is 353 cm³/mol. The minimum atomic E-state index is -3.74. The SMILES string of the molecule is C=CC.C=Cc1cnc(-c2ccc(S(=O)(=O)NC(C)(C)C)s2)nc1Nc1cc(C2CC2)[nH]n1.C=Cc1cnc(-c2ccc(S(N)(=O)=O)s2)nc1Nc1cc(C2CC2)[nH]n1.CC(C)(C)NS(=O)(=O)c1ccc(-c2ncc(Br)c(Nc3cc(C4CC4)[nH]n3)n2)s1. The van der Waals surface area contributed by atoms with Gasteiger partial charge in [-0.1, -0.05) is 31.4 Å². The average molecular weight is 1370 g/mol. The Kier molecular flexibility index (Phi) is 19.9. The van der Waals surface area contributed by atoms with Gasteiger partial charge in [0.05, 0.1) is 19.1 Å². The minimum Gasteiger partial charge on any atom is -0.323 e. The summed E-state index contributed by atoms with van der Waals surface area (Å²) in [5.41, 5.74) is 3.67. The van der Waals surface area contributed by atoms with Gasteiger partial charge in [0.1, 0.15) is 30.1 Å². The number of nitrogens with zero attached hydrogens (tertiary/aromatic N) is 9. The number of hydrogen-bond acceptors (Lipinski definition) is 21. The molecule has 3 aliphatic rings. The first kappa shape index (κ1) is 65.3. The molecule has 0 amide bonds. The van der Waals surface area contributed by atoms with Crippen molar-refractivity contribution in [3.8, 4) is 32.1 Å². The van der Waals surface area contributed by atoms with Crippen LogP contribution in [-0.2, 0) is 30.1 Å². The average Bonchev–Trinajstić information content (AvgIpc) is 3.66. The molecule has 9 aromatic rings. The van der Waals surface area contributed by atoms with Crippen LogP contribution >= 0.6 is 49.9 Å². The standard InChI is InChI=1S/C20H24N6O2S2.C18H21BrN6O2S2.C16H16N6O2S2.C3H6/c1-5-12-11-21-19(15-8-9-17(29-15)30(27,28)26-20(2,3)4)23-18(12)22-16-10-14(24-25-16)13-6-7-13;1-18(2,3)25-29(26,27)15-7-6-13(28-15)17-20-9-11(19)16(22-17)21-14-8-12(23-24-14)10-4-5-10;1-2-9-8-18-16(12-5-6-14(25-12)26(17,23)24)20-15(9)19-13-7-11(21-22-13)10-3-4-10;1-3-2/h5,8-11,13,26H,1,6-7H2,2-4H3,(H2,21,22,23,24,25);6-10,25H,4-5H2,1-3H3,(H2,20,21,22,23,24);2,5-8,10H,1,3-4H2,(H2,17,23,24)(H2,18,19,20,21,22);3H,1H2,2H3. The minimum absolute atomic E-state index is 0.0692. The summed E-state index contributed by atoms with van der Waals surface area (Å²) in [6.45, 7) is 23.7. The van der Waals surface area contributed by atoms with Crippen molar-refractivity contribution in [3.63, 3.8) is 0 Å². The second kappa shape index (κ2) is 26.9. The van der Waals surface area contributed by atoms with E-state index in [2.05, 4.69) is 122 Å². The second-order valence-electron chi connectivity index (χ2n) is 22.6. The number of sulfonamides is 3. The van der Waals surface area contributed by atoms with Crippen LogP contribution in [0.2, 0.25) is 0 Å². The smallest absolute Gasteiger partial charge is 0.250 e. The lowest BCUT2D eigenvalue weighted by molar-refractivity contribution is 0.491. The lowest BCUT2D eigenvalue weighted by Gasteiger charge is -2.19. The van der Waals surface area contributed by atoms with Crippen molar-refractivity contribution >= 4 is 127 Å². The molecule has 24 nitrogen and oxygen atoms in total. The molecule has 0 radical (unpaired) electrons. The van der Waals surface area contributed by atoms with Crippen LogP contribution in [0.5, 0.6) is 0 Å². The summed E-state index contributed by atoms with van der Waals surface area (Å²) < 4.78 is 79.7. The second-order valence-corrected chi connectivity index (χ2v) is 32.3. The molecular formula is C57H67BrN18O6S6. The highest BCUT2D eigenvalue weighted by molar-refractivity contribution is 9.10. The molecule has 3 aliphatic carbocycles. The number of halogens is 1.